The van der Waals surface area contributed by atoms with Gasteiger partial charge in [0, 0.05) is 43.1 Å². The van der Waals surface area contributed by atoms with Gasteiger partial charge in [0.1, 0.15) is 5.75 Å². The maximum atomic E-state index is 12.8. The normalized spacial score (nSPS) is 19.0. The summed E-state index contributed by atoms with van der Waals surface area (Å²) in [6, 6.07) is 15.4. The van der Waals surface area contributed by atoms with E-state index in [4.69, 9.17) is 9.47 Å². The maximum absolute atomic E-state index is 12.8. The summed E-state index contributed by atoms with van der Waals surface area (Å²) < 4.78 is 10.6. The van der Waals surface area contributed by atoms with Gasteiger partial charge in [0.05, 0.1) is 20.3 Å². The van der Waals surface area contributed by atoms with Gasteiger partial charge < -0.3 is 19.7 Å². The van der Waals surface area contributed by atoms with Crippen molar-refractivity contribution in [1.29, 1.82) is 0 Å². The summed E-state index contributed by atoms with van der Waals surface area (Å²) in [7, 11) is 1.66. The van der Waals surface area contributed by atoms with E-state index in [1.807, 2.05) is 59.6 Å². The Kier molecular flexibility index (Phi) is 6.39. The Morgan fingerprint density at radius 2 is 2.03 bits per heavy atom. The number of hydrogen-bond acceptors (Lipinski definition) is 6. The van der Waals surface area contributed by atoms with Gasteiger partial charge in [0.2, 0.25) is 5.96 Å². The Bertz CT molecular complexity index is 932. The first-order chi connectivity index (χ1) is 14.7. The van der Waals surface area contributed by atoms with Crippen molar-refractivity contribution in [3.63, 3.8) is 0 Å². The van der Waals surface area contributed by atoms with Gasteiger partial charge in [-0.15, -0.1) is 0 Å². The Morgan fingerprint density at radius 1 is 1.17 bits per heavy atom. The molecule has 2 aliphatic rings. The molecule has 30 heavy (non-hydrogen) atoms. The number of aliphatic imine (C=N–C) groups is 2. The van der Waals surface area contributed by atoms with Gasteiger partial charge in [-0.25, -0.2) is 4.99 Å². The average Bonchev–Trinajstić information content (AvgIpc) is 3.09. The molecule has 0 aromatic heterocycles. The molecule has 2 aromatic carbocycles. The lowest BCUT2D eigenvalue weighted by molar-refractivity contribution is 0.0741. The fourth-order valence-corrected chi connectivity index (χ4v) is 3.54. The van der Waals surface area contributed by atoms with Crippen molar-refractivity contribution in [2.75, 3.05) is 45.3 Å². The monoisotopic (exact) mass is 406 g/mol. The number of nitrogens with one attached hydrogen (secondary N) is 1. The number of amides is 1. The summed E-state index contributed by atoms with van der Waals surface area (Å²) in [4.78, 5) is 23.7. The van der Waals surface area contributed by atoms with Gasteiger partial charge in [-0.3, -0.25) is 9.79 Å². The molecule has 1 saturated heterocycles. The minimum absolute atomic E-state index is 0.0257. The standard InChI is InChI=1S/C23H26N4O3/c1-29-21-8-6-17(7-9-21)19-15-24-23(25-16-19)26-20-5-2-4-18(14-20)22(28)27-10-3-12-30-13-11-27/h2,4-9,14-15,19H,3,10-13,16H2,1H3,(H,25,26). The molecule has 156 valence electrons. The van der Waals surface area contributed by atoms with Crippen LogP contribution in [0.25, 0.3) is 0 Å². The largest absolute Gasteiger partial charge is 0.497 e. The van der Waals surface area contributed by atoms with E-state index in [2.05, 4.69) is 15.3 Å². The molecule has 1 unspecified atom stereocenters. The third-order valence-electron chi connectivity index (χ3n) is 5.23. The number of carbonyl (C=O) groups is 1. The Morgan fingerprint density at radius 3 is 2.80 bits per heavy atom. The molecule has 2 aromatic rings. The number of hydrogen-bond donors (Lipinski definition) is 1. The molecule has 4 rings (SSSR count). The third-order valence-corrected chi connectivity index (χ3v) is 5.23. The minimum Gasteiger partial charge on any atom is -0.497 e. The van der Waals surface area contributed by atoms with Gasteiger partial charge >= 0.3 is 0 Å². The second-order valence-corrected chi connectivity index (χ2v) is 7.29. The van der Waals surface area contributed by atoms with E-state index in [1.54, 1.807) is 7.11 Å². The lowest BCUT2D eigenvalue weighted by Gasteiger charge is -2.20. The van der Waals surface area contributed by atoms with Crippen LogP contribution >= 0.6 is 0 Å². The third kappa shape index (κ3) is 4.86. The minimum atomic E-state index is 0.0257. The van der Waals surface area contributed by atoms with Crippen LogP contribution in [-0.2, 0) is 4.74 Å². The second kappa shape index (κ2) is 9.54. The average molecular weight is 406 g/mol. The number of benzene rings is 2. The van der Waals surface area contributed by atoms with Gasteiger partial charge in [-0.2, -0.15) is 0 Å². The van der Waals surface area contributed by atoms with E-state index in [0.29, 0.717) is 37.8 Å². The molecule has 1 amide bonds. The lowest BCUT2D eigenvalue weighted by Crippen LogP contribution is -2.33. The zero-order valence-electron chi connectivity index (χ0n) is 17.1. The van der Waals surface area contributed by atoms with Crippen LogP contribution in [0.4, 0.5) is 5.69 Å². The van der Waals surface area contributed by atoms with Crippen molar-refractivity contribution in [2.45, 2.75) is 12.3 Å². The molecule has 0 spiro atoms. The number of nitrogens with zero attached hydrogens (tertiary/aromatic N) is 3. The fraction of sp³-hybridized carbons (Fsp3) is 0.348. The number of ether oxygens (including phenoxy) is 2. The molecule has 1 fully saturated rings. The van der Waals surface area contributed by atoms with Crippen LogP contribution in [0, 0.1) is 0 Å². The Hall–Kier alpha value is -3.19. The lowest BCUT2D eigenvalue weighted by atomic mass is 10.00. The van der Waals surface area contributed by atoms with Gasteiger partial charge in [0.15, 0.2) is 0 Å². The summed E-state index contributed by atoms with van der Waals surface area (Å²) in [5, 5.41) is 3.22. The topological polar surface area (TPSA) is 75.5 Å². The summed E-state index contributed by atoms with van der Waals surface area (Å²) in [6.45, 7) is 3.26. The molecule has 2 aliphatic heterocycles. The SMILES string of the molecule is COc1ccc(C2C=NC(Nc3cccc(C(=O)N4CCCOCC4)c3)=NC2)cc1. The number of guanidine groups is 1. The van der Waals surface area contributed by atoms with Gasteiger partial charge in [-0.1, -0.05) is 18.2 Å². The Labute approximate surface area is 176 Å². The van der Waals surface area contributed by atoms with E-state index < -0.39 is 0 Å². The molecular weight excluding hydrogens is 380 g/mol. The van der Waals surface area contributed by atoms with Crippen molar-refractivity contribution < 1.29 is 14.3 Å². The highest BCUT2D eigenvalue weighted by Crippen LogP contribution is 2.21. The zero-order valence-corrected chi connectivity index (χ0v) is 17.1. The van der Waals surface area contributed by atoms with Crippen LogP contribution in [0.2, 0.25) is 0 Å². The van der Waals surface area contributed by atoms with Gasteiger partial charge in [0.25, 0.3) is 5.91 Å². The highest BCUT2D eigenvalue weighted by molar-refractivity contribution is 6.02. The van der Waals surface area contributed by atoms with Crippen LogP contribution in [0.3, 0.4) is 0 Å². The maximum Gasteiger partial charge on any atom is 0.254 e. The van der Waals surface area contributed by atoms with E-state index in [1.165, 1.54) is 0 Å². The van der Waals surface area contributed by atoms with Crippen molar-refractivity contribution in [3.05, 3.63) is 59.7 Å². The molecule has 0 bridgehead atoms. The molecule has 2 heterocycles. The zero-order chi connectivity index (χ0) is 20.8. The van der Waals surface area contributed by atoms with E-state index in [0.717, 1.165) is 30.0 Å². The quantitative estimate of drug-likeness (QED) is 0.846. The molecule has 1 N–H and O–H groups in total. The highest BCUT2D eigenvalue weighted by Gasteiger charge is 2.18. The van der Waals surface area contributed by atoms with Gasteiger partial charge in [-0.05, 0) is 42.3 Å². The Balaban J connectivity index is 1.39. The smallest absolute Gasteiger partial charge is 0.254 e. The van der Waals surface area contributed by atoms with Crippen LogP contribution in [0.1, 0.15) is 28.3 Å². The molecule has 0 saturated carbocycles. The van der Waals surface area contributed by atoms with Crippen molar-refractivity contribution in [1.82, 2.24) is 4.90 Å². The molecule has 7 heteroatoms. The molecule has 0 aliphatic carbocycles. The number of anilines is 1. The first-order valence-corrected chi connectivity index (χ1v) is 10.2. The molecule has 1 atom stereocenters. The molecule has 7 nitrogen and oxygen atoms in total. The predicted molar refractivity (Wildman–Crippen MR) is 118 cm³/mol. The van der Waals surface area contributed by atoms with Crippen LogP contribution in [0.15, 0.2) is 58.5 Å². The van der Waals surface area contributed by atoms with Crippen molar-refractivity contribution in [2.24, 2.45) is 9.98 Å². The summed E-state index contributed by atoms with van der Waals surface area (Å²) in [5.74, 6) is 1.55. The first kappa shape index (κ1) is 20.1. The number of methoxy groups -OCH3 is 1. The highest BCUT2D eigenvalue weighted by atomic mass is 16.5. The fourth-order valence-electron chi connectivity index (χ4n) is 3.54. The summed E-state index contributed by atoms with van der Waals surface area (Å²) in [6.07, 6.45) is 2.77. The van der Waals surface area contributed by atoms with E-state index in [9.17, 15) is 4.79 Å². The van der Waals surface area contributed by atoms with E-state index in [-0.39, 0.29) is 11.8 Å². The second-order valence-electron chi connectivity index (χ2n) is 7.29. The number of rotatable bonds is 4. The van der Waals surface area contributed by atoms with Crippen LogP contribution in [0.5, 0.6) is 5.75 Å². The molecular formula is C23H26N4O3. The van der Waals surface area contributed by atoms with E-state index >= 15 is 0 Å². The van der Waals surface area contributed by atoms with Crippen LogP contribution < -0.4 is 10.1 Å². The molecule has 0 radical (unpaired) electrons. The van der Waals surface area contributed by atoms with Crippen LogP contribution in [-0.4, -0.2) is 62.9 Å². The van der Waals surface area contributed by atoms with Crippen molar-refractivity contribution >= 4 is 23.8 Å². The summed E-state index contributed by atoms with van der Waals surface area (Å²) in [5.41, 5.74) is 2.60. The number of carbonyl (C=O) groups excluding carboxylic acids is 1. The predicted octanol–water partition coefficient (Wildman–Crippen LogP) is 3.19. The van der Waals surface area contributed by atoms with Crippen molar-refractivity contribution in [3.8, 4) is 5.75 Å². The summed E-state index contributed by atoms with van der Waals surface area (Å²) >= 11 is 0. The first-order valence-electron chi connectivity index (χ1n) is 10.2.